The van der Waals surface area contributed by atoms with Crippen LogP contribution in [-0.2, 0) is 17.4 Å². The maximum absolute atomic E-state index is 13.6. The number of thiocarbonyl (C=S) groups is 1. The molecule has 3 heterocycles. The highest BCUT2D eigenvalue weighted by molar-refractivity contribution is 7.81. The van der Waals surface area contributed by atoms with Crippen LogP contribution in [0.4, 0.5) is 29.3 Å². The van der Waals surface area contributed by atoms with Gasteiger partial charge in [0.2, 0.25) is 0 Å². The Morgan fingerprint density at radius 2 is 1.86 bits per heavy atom. The number of piperazine rings is 1. The molecule has 14 heteroatoms. The lowest BCUT2D eigenvalue weighted by Crippen LogP contribution is -2.59. The predicted molar refractivity (Wildman–Crippen MR) is 162 cm³/mol. The average Bonchev–Trinajstić information content (AvgIpc) is 3.10. The molecular weight excluding hydrogens is 597 g/mol. The van der Waals surface area contributed by atoms with Crippen LogP contribution in [0, 0.1) is 11.3 Å². The van der Waals surface area contributed by atoms with Crippen molar-refractivity contribution in [1.29, 1.82) is 5.26 Å². The number of alkyl halides is 3. The molecule has 2 aliphatic rings. The number of pyridine rings is 1. The highest BCUT2D eigenvalue weighted by Crippen LogP contribution is 2.40. The standard InChI is InChI=1S/C30H35F3N6O4S/c1-7-20-10-21(8-9-25(20)43-19(4)16-36-14-17(2)37(28(41)42)18(3)15-36)39-27(44)38(26(40)29(39,5)6)22-11-23(30(31,32)33)24(12-34)35-13-22/h8-11,13,17-19H,7,14-16H2,1-6H3,(H,41,42)/t17-,18+,19-/m0/s1. The number of nitrogens with zero attached hydrogens (tertiary/aromatic N) is 6. The van der Waals surface area contributed by atoms with E-state index in [0.717, 1.165) is 16.7 Å². The van der Waals surface area contributed by atoms with Crippen molar-refractivity contribution >= 4 is 40.7 Å². The van der Waals surface area contributed by atoms with Crippen LogP contribution in [0.5, 0.6) is 5.75 Å². The van der Waals surface area contributed by atoms with Crippen molar-refractivity contribution in [2.24, 2.45) is 0 Å². The van der Waals surface area contributed by atoms with Gasteiger partial charge in [0.25, 0.3) is 5.91 Å². The lowest BCUT2D eigenvalue weighted by molar-refractivity contribution is -0.138. The second kappa shape index (κ2) is 12.2. The summed E-state index contributed by atoms with van der Waals surface area (Å²) in [6.07, 6.45) is -4.35. The van der Waals surface area contributed by atoms with Gasteiger partial charge in [0.1, 0.15) is 23.5 Å². The number of aromatic nitrogens is 1. The van der Waals surface area contributed by atoms with Crippen molar-refractivity contribution in [2.45, 2.75) is 77.9 Å². The highest BCUT2D eigenvalue weighted by Gasteiger charge is 2.51. The number of amides is 2. The van der Waals surface area contributed by atoms with Crippen LogP contribution in [0.3, 0.4) is 0 Å². The normalized spacial score (nSPS) is 21.4. The minimum Gasteiger partial charge on any atom is -0.489 e. The molecule has 0 spiro atoms. The molecule has 2 saturated heterocycles. The molecular formula is C30H35F3N6O4S. The second-order valence-electron chi connectivity index (χ2n) is 11.7. The third-order valence-electron chi connectivity index (χ3n) is 7.95. The highest BCUT2D eigenvalue weighted by atomic mass is 32.1. The van der Waals surface area contributed by atoms with Gasteiger partial charge in [0.15, 0.2) is 10.8 Å². The summed E-state index contributed by atoms with van der Waals surface area (Å²) in [7, 11) is 0. The van der Waals surface area contributed by atoms with E-state index in [4.69, 9.17) is 22.2 Å². The van der Waals surface area contributed by atoms with Gasteiger partial charge in [-0.3, -0.25) is 14.6 Å². The molecule has 1 aromatic carbocycles. The number of nitriles is 1. The monoisotopic (exact) mass is 632 g/mol. The Morgan fingerprint density at radius 3 is 2.41 bits per heavy atom. The van der Waals surface area contributed by atoms with Crippen LogP contribution in [0.1, 0.15) is 58.4 Å². The number of ether oxygens (including phenoxy) is 1. The molecule has 10 nitrogen and oxygen atoms in total. The molecule has 2 fully saturated rings. The molecule has 0 aliphatic carbocycles. The fraction of sp³-hybridized carbons (Fsp3) is 0.500. The summed E-state index contributed by atoms with van der Waals surface area (Å²) in [6.45, 7) is 12.7. The van der Waals surface area contributed by atoms with E-state index in [-0.39, 0.29) is 29.0 Å². The fourth-order valence-electron chi connectivity index (χ4n) is 6.01. The maximum Gasteiger partial charge on any atom is 0.419 e. The van der Waals surface area contributed by atoms with Gasteiger partial charge in [-0.25, -0.2) is 9.78 Å². The van der Waals surface area contributed by atoms with Gasteiger partial charge in [-0.15, -0.1) is 0 Å². The number of carboxylic acid groups (broad SMARTS) is 1. The minimum atomic E-state index is -4.85. The van der Waals surface area contributed by atoms with Crippen molar-refractivity contribution in [1.82, 2.24) is 14.8 Å². The molecule has 44 heavy (non-hydrogen) atoms. The zero-order valence-corrected chi connectivity index (χ0v) is 26.2. The Hall–Kier alpha value is -3.96. The summed E-state index contributed by atoms with van der Waals surface area (Å²) in [5.41, 5.74) is -2.05. The summed E-state index contributed by atoms with van der Waals surface area (Å²) in [5, 5.41) is 18.6. The third kappa shape index (κ3) is 6.16. The first kappa shape index (κ1) is 32.9. The van der Waals surface area contributed by atoms with Crippen molar-refractivity contribution in [2.75, 3.05) is 29.4 Å². The summed E-state index contributed by atoms with van der Waals surface area (Å²) < 4.78 is 47.2. The molecule has 1 aromatic heterocycles. The van der Waals surface area contributed by atoms with Crippen molar-refractivity contribution in [3.63, 3.8) is 0 Å². The first-order valence-electron chi connectivity index (χ1n) is 14.2. The molecule has 0 unspecified atom stereocenters. The smallest absolute Gasteiger partial charge is 0.419 e. The molecule has 1 N–H and O–H groups in total. The first-order chi connectivity index (χ1) is 20.5. The first-order valence-corrected chi connectivity index (χ1v) is 14.6. The zero-order chi connectivity index (χ0) is 32.7. The molecule has 2 amide bonds. The van der Waals surface area contributed by atoms with Crippen molar-refractivity contribution < 1.29 is 32.6 Å². The number of rotatable bonds is 7. The summed E-state index contributed by atoms with van der Waals surface area (Å²) in [4.78, 5) is 35.0. The Morgan fingerprint density at radius 1 is 1.23 bits per heavy atom. The number of hydrogen-bond acceptors (Lipinski definition) is 7. The molecule has 2 aromatic rings. The Kier molecular flexibility index (Phi) is 9.14. The topological polar surface area (TPSA) is 113 Å². The molecule has 4 rings (SSSR count). The van der Waals surface area contributed by atoms with E-state index in [9.17, 15) is 27.9 Å². The van der Waals surface area contributed by atoms with E-state index < -0.39 is 35.0 Å². The number of aryl methyl sites for hydroxylation is 1. The van der Waals surface area contributed by atoms with E-state index in [2.05, 4.69) is 9.88 Å². The largest absolute Gasteiger partial charge is 0.489 e. The number of carbonyl (C=O) groups is 2. The van der Waals surface area contributed by atoms with Crippen LogP contribution in [0.15, 0.2) is 30.5 Å². The summed E-state index contributed by atoms with van der Waals surface area (Å²) in [6, 6.07) is 7.24. The van der Waals surface area contributed by atoms with Gasteiger partial charge in [-0.05, 0) is 83.1 Å². The Bertz CT molecular complexity index is 1500. The van der Waals surface area contributed by atoms with Gasteiger partial charge in [0, 0.05) is 37.4 Å². The maximum atomic E-state index is 13.6. The van der Waals surface area contributed by atoms with Crippen LogP contribution >= 0.6 is 12.2 Å². The van der Waals surface area contributed by atoms with Gasteiger partial charge >= 0.3 is 12.3 Å². The Balaban J connectivity index is 1.56. The van der Waals surface area contributed by atoms with Gasteiger partial charge in [0.05, 0.1) is 17.4 Å². The number of benzene rings is 1. The molecule has 3 atom stereocenters. The molecule has 0 radical (unpaired) electrons. The van der Waals surface area contributed by atoms with E-state index in [0.29, 0.717) is 43.6 Å². The van der Waals surface area contributed by atoms with Gasteiger partial charge in [-0.2, -0.15) is 18.4 Å². The number of anilines is 2. The van der Waals surface area contributed by atoms with Gasteiger partial charge < -0.3 is 19.6 Å². The van der Waals surface area contributed by atoms with Crippen LogP contribution in [0.2, 0.25) is 0 Å². The van der Waals surface area contributed by atoms with Crippen LogP contribution in [0.25, 0.3) is 0 Å². The van der Waals surface area contributed by atoms with Gasteiger partial charge in [-0.1, -0.05) is 6.92 Å². The average molecular weight is 633 g/mol. The lowest BCUT2D eigenvalue weighted by atomic mass is 10.0. The van der Waals surface area contributed by atoms with Crippen LogP contribution in [-0.4, -0.2) is 80.4 Å². The van der Waals surface area contributed by atoms with E-state index in [1.165, 1.54) is 11.0 Å². The summed E-state index contributed by atoms with van der Waals surface area (Å²) >= 11 is 5.65. The van der Waals surface area contributed by atoms with E-state index in [1.807, 2.05) is 33.8 Å². The van der Waals surface area contributed by atoms with E-state index in [1.54, 1.807) is 30.9 Å². The zero-order valence-electron chi connectivity index (χ0n) is 25.3. The molecule has 2 aliphatic heterocycles. The number of hydrogen-bond donors (Lipinski definition) is 1. The molecule has 0 saturated carbocycles. The SMILES string of the molecule is CCc1cc(N2C(=S)N(c3cnc(C#N)c(C(F)(F)F)c3)C(=O)C2(C)C)ccc1O[C@@H](C)CN1C[C@@H](C)N(C(=O)O)[C@@H](C)C1. The number of halogens is 3. The summed E-state index contributed by atoms with van der Waals surface area (Å²) in [5.74, 6) is 0.104. The third-order valence-corrected chi connectivity index (χ3v) is 8.32. The fourth-order valence-corrected chi connectivity index (χ4v) is 6.53. The quantitative estimate of drug-likeness (QED) is 0.407. The predicted octanol–water partition coefficient (Wildman–Crippen LogP) is 5.29. The molecule has 0 bridgehead atoms. The van der Waals surface area contributed by atoms with Crippen molar-refractivity contribution in [3.05, 3.63) is 47.3 Å². The minimum absolute atomic E-state index is 0.0209. The number of carbonyl (C=O) groups excluding carboxylic acids is 1. The second-order valence-corrected chi connectivity index (χ2v) is 12.1. The Labute approximate surface area is 259 Å². The lowest BCUT2D eigenvalue weighted by Gasteiger charge is -2.43. The van der Waals surface area contributed by atoms with Crippen molar-refractivity contribution in [3.8, 4) is 11.8 Å². The van der Waals surface area contributed by atoms with Crippen LogP contribution < -0.4 is 14.5 Å². The van der Waals surface area contributed by atoms with E-state index >= 15 is 0 Å². The molecule has 236 valence electrons.